The third kappa shape index (κ3) is 6.38. The van der Waals surface area contributed by atoms with E-state index in [1.165, 1.54) is 6.42 Å². The lowest BCUT2D eigenvalue weighted by molar-refractivity contribution is 0.561. The molecule has 0 saturated carbocycles. The molecule has 0 heterocycles. The zero-order chi connectivity index (χ0) is 10.3. The zero-order valence-electron chi connectivity index (χ0n) is 9.14. The molecular weight excluding hydrogens is 160 g/mol. The average Bonchev–Trinajstić information content (AvgIpc) is 2.10. The molecule has 2 nitrogen and oxygen atoms in total. The van der Waals surface area contributed by atoms with Gasteiger partial charge in [-0.2, -0.15) is 0 Å². The zero-order valence-corrected chi connectivity index (χ0v) is 9.14. The summed E-state index contributed by atoms with van der Waals surface area (Å²) in [7, 11) is 0. The van der Waals surface area contributed by atoms with Crippen molar-refractivity contribution in [3.63, 3.8) is 0 Å². The highest BCUT2D eigenvalue weighted by atomic mass is 14.8. The SMILES string of the molecule is C=C(CC)C(N)=NCCCC(C)C. The predicted molar refractivity (Wildman–Crippen MR) is 60.0 cm³/mol. The molecule has 0 aliphatic rings. The van der Waals surface area contributed by atoms with Gasteiger partial charge in [-0.15, -0.1) is 0 Å². The van der Waals surface area contributed by atoms with E-state index in [1.807, 2.05) is 6.92 Å². The van der Waals surface area contributed by atoms with Crippen LogP contribution in [0.15, 0.2) is 17.1 Å². The van der Waals surface area contributed by atoms with Crippen molar-refractivity contribution in [2.24, 2.45) is 16.6 Å². The molecule has 13 heavy (non-hydrogen) atoms. The first-order chi connectivity index (χ1) is 6.07. The van der Waals surface area contributed by atoms with E-state index in [2.05, 4.69) is 25.4 Å². The molecule has 0 radical (unpaired) electrons. The Labute approximate surface area is 81.9 Å². The second-order valence-electron chi connectivity index (χ2n) is 3.76. The third-order valence-electron chi connectivity index (χ3n) is 2.01. The van der Waals surface area contributed by atoms with Gasteiger partial charge in [-0.05, 0) is 30.8 Å². The summed E-state index contributed by atoms with van der Waals surface area (Å²) >= 11 is 0. The standard InChI is InChI=1S/C11H22N2/c1-5-10(4)11(12)13-8-6-7-9(2)3/h9H,4-8H2,1-3H3,(H2,12,13). The van der Waals surface area contributed by atoms with Crippen LogP contribution in [0.4, 0.5) is 0 Å². The average molecular weight is 182 g/mol. The molecule has 2 heteroatoms. The van der Waals surface area contributed by atoms with Crippen molar-refractivity contribution in [3.05, 3.63) is 12.2 Å². The first-order valence-electron chi connectivity index (χ1n) is 5.06. The fraction of sp³-hybridized carbons (Fsp3) is 0.727. The first kappa shape index (κ1) is 12.2. The van der Waals surface area contributed by atoms with Gasteiger partial charge in [0.25, 0.3) is 0 Å². The Morgan fingerprint density at radius 1 is 1.46 bits per heavy atom. The molecule has 0 bridgehead atoms. The van der Waals surface area contributed by atoms with Crippen molar-refractivity contribution in [2.45, 2.75) is 40.0 Å². The monoisotopic (exact) mass is 182 g/mol. The van der Waals surface area contributed by atoms with Gasteiger partial charge < -0.3 is 5.73 Å². The molecule has 0 amide bonds. The largest absolute Gasteiger partial charge is 0.384 e. The van der Waals surface area contributed by atoms with E-state index < -0.39 is 0 Å². The quantitative estimate of drug-likeness (QED) is 0.383. The number of hydrogen-bond acceptors (Lipinski definition) is 1. The Balaban J connectivity index is 3.65. The van der Waals surface area contributed by atoms with Crippen LogP contribution in [-0.4, -0.2) is 12.4 Å². The number of nitrogens with zero attached hydrogens (tertiary/aromatic N) is 1. The second kappa shape index (κ2) is 6.70. The van der Waals surface area contributed by atoms with Crippen LogP contribution >= 0.6 is 0 Å². The maximum atomic E-state index is 5.70. The lowest BCUT2D eigenvalue weighted by atomic mass is 10.1. The second-order valence-corrected chi connectivity index (χ2v) is 3.76. The van der Waals surface area contributed by atoms with Crippen molar-refractivity contribution in [1.29, 1.82) is 0 Å². The molecule has 0 aliphatic carbocycles. The lowest BCUT2D eigenvalue weighted by Crippen LogP contribution is -2.14. The molecule has 0 atom stereocenters. The first-order valence-corrected chi connectivity index (χ1v) is 5.06. The van der Waals surface area contributed by atoms with Crippen LogP contribution in [0.3, 0.4) is 0 Å². The molecule has 0 rings (SSSR count). The van der Waals surface area contributed by atoms with Crippen LogP contribution in [0.1, 0.15) is 40.0 Å². The molecule has 0 aliphatic heterocycles. The van der Waals surface area contributed by atoms with Crippen molar-refractivity contribution in [3.8, 4) is 0 Å². The number of rotatable bonds is 6. The van der Waals surface area contributed by atoms with E-state index >= 15 is 0 Å². The van der Waals surface area contributed by atoms with Crippen LogP contribution in [0.25, 0.3) is 0 Å². The maximum Gasteiger partial charge on any atom is 0.120 e. The fourth-order valence-electron chi connectivity index (χ4n) is 0.992. The summed E-state index contributed by atoms with van der Waals surface area (Å²) in [6.45, 7) is 11.1. The van der Waals surface area contributed by atoms with E-state index in [4.69, 9.17) is 5.73 Å². The highest BCUT2D eigenvalue weighted by molar-refractivity contribution is 5.96. The molecule has 0 fully saturated rings. The third-order valence-corrected chi connectivity index (χ3v) is 2.01. The van der Waals surface area contributed by atoms with Gasteiger partial charge in [0.15, 0.2) is 0 Å². The van der Waals surface area contributed by atoms with Gasteiger partial charge in [-0.3, -0.25) is 4.99 Å². The Kier molecular flexibility index (Phi) is 6.29. The maximum absolute atomic E-state index is 5.70. The van der Waals surface area contributed by atoms with Gasteiger partial charge in [0.05, 0.1) is 0 Å². The highest BCUT2D eigenvalue weighted by Gasteiger charge is 1.96. The number of amidine groups is 1. The predicted octanol–water partition coefficient (Wildman–Crippen LogP) is 2.75. The minimum Gasteiger partial charge on any atom is -0.384 e. The van der Waals surface area contributed by atoms with Crippen LogP contribution in [0.2, 0.25) is 0 Å². The van der Waals surface area contributed by atoms with Crippen LogP contribution in [-0.2, 0) is 0 Å². The van der Waals surface area contributed by atoms with Gasteiger partial charge in [-0.1, -0.05) is 27.4 Å². The molecule has 76 valence electrons. The van der Waals surface area contributed by atoms with E-state index in [1.54, 1.807) is 0 Å². The Morgan fingerprint density at radius 2 is 2.08 bits per heavy atom. The molecule has 0 spiro atoms. The van der Waals surface area contributed by atoms with E-state index in [0.29, 0.717) is 5.84 Å². The Morgan fingerprint density at radius 3 is 2.54 bits per heavy atom. The van der Waals surface area contributed by atoms with Crippen LogP contribution < -0.4 is 5.73 Å². The summed E-state index contributed by atoms with van der Waals surface area (Å²) in [5, 5.41) is 0. The van der Waals surface area contributed by atoms with Crippen molar-refractivity contribution >= 4 is 5.84 Å². The smallest absolute Gasteiger partial charge is 0.120 e. The molecular formula is C11H22N2. The van der Waals surface area contributed by atoms with Crippen LogP contribution in [0, 0.1) is 5.92 Å². The summed E-state index contributed by atoms with van der Waals surface area (Å²) in [6, 6.07) is 0. The number of nitrogens with two attached hydrogens (primary N) is 1. The minimum atomic E-state index is 0.631. The summed E-state index contributed by atoms with van der Waals surface area (Å²) in [6.07, 6.45) is 3.23. The van der Waals surface area contributed by atoms with E-state index in [-0.39, 0.29) is 0 Å². The summed E-state index contributed by atoms with van der Waals surface area (Å²) in [4.78, 5) is 4.26. The van der Waals surface area contributed by atoms with E-state index in [9.17, 15) is 0 Å². The van der Waals surface area contributed by atoms with Crippen LogP contribution in [0.5, 0.6) is 0 Å². The fourth-order valence-corrected chi connectivity index (χ4v) is 0.992. The summed E-state index contributed by atoms with van der Waals surface area (Å²) < 4.78 is 0. The van der Waals surface area contributed by atoms with Crippen molar-refractivity contribution in [1.82, 2.24) is 0 Å². The van der Waals surface area contributed by atoms with Gasteiger partial charge in [0.2, 0.25) is 0 Å². The van der Waals surface area contributed by atoms with Gasteiger partial charge in [0.1, 0.15) is 5.84 Å². The molecule has 0 aromatic rings. The number of aliphatic imine (C=N–C) groups is 1. The van der Waals surface area contributed by atoms with E-state index in [0.717, 1.165) is 30.9 Å². The topological polar surface area (TPSA) is 38.4 Å². The molecule has 0 aromatic carbocycles. The van der Waals surface area contributed by atoms with Crippen molar-refractivity contribution in [2.75, 3.05) is 6.54 Å². The normalized spacial score (nSPS) is 12.2. The summed E-state index contributed by atoms with van der Waals surface area (Å²) in [5.41, 5.74) is 6.64. The summed E-state index contributed by atoms with van der Waals surface area (Å²) in [5.74, 6) is 1.39. The van der Waals surface area contributed by atoms with Gasteiger partial charge in [-0.25, -0.2) is 0 Å². The number of hydrogen-bond donors (Lipinski definition) is 1. The highest BCUT2D eigenvalue weighted by Crippen LogP contribution is 2.03. The lowest BCUT2D eigenvalue weighted by Gasteiger charge is -2.03. The van der Waals surface area contributed by atoms with Gasteiger partial charge in [0, 0.05) is 6.54 Å². The Bertz CT molecular complexity index is 181. The molecule has 0 saturated heterocycles. The molecule has 2 N–H and O–H groups in total. The Hall–Kier alpha value is -0.790. The molecule has 0 aromatic heterocycles. The van der Waals surface area contributed by atoms with Crippen molar-refractivity contribution < 1.29 is 0 Å². The minimum absolute atomic E-state index is 0.631. The molecule has 0 unspecified atom stereocenters. The van der Waals surface area contributed by atoms with Gasteiger partial charge >= 0.3 is 0 Å².